The summed E-state index contributed by atoms with van der Waals surface area (Å²) in [7, 11) is 0. The van der Waals surface area contributed by atoms with Gasteiger partial charge < -0.3 is 16.4 Å². The van der Waals surface area contributed by atoms with Crippen LogP contribution in [0.2, 0.25) is 0 Å². The molecule has 5 atom stereocenters. The topological polar surface area (TPSA) is 118 Å². The number of fused-ring (bicyclic) bond motifs is 2. The molecule has 0 bridgehead atoms. The van der Waals surface area contributed by atoms with Crippen LogP contribution in [0.15, 0.2) is 66.7 Å². The molecule has 0 spiro atoms. The van der Waals surface area contributed by atoms with Gasteiger partial charge in [0.1, 0.15) is 5.78 Å². The van der Waals surface area contributed by atoms with Gasteiger partial charge in [-0.2, -0.15) is 0 Å². The highest BCUT2D eigenvalue weighted by molar-refractivity contribution is 5.94. The van der Waals surface area contributed by atoms with Crippen LogP contribution in [-0.4, -0.2) is 36.0 Å². The predicted octanol–water partition coefficient (Wildman–Crippen LogP) is 6.80. The van der Waals surface area contributed by atoms with Crippen LogP contribution in [-0.2, 0) is 32.0 Å². The van der Waals surface area contributed by atoms with Gasteiger partial charge >= 0.3 is 0 Å². The third kappa shape index (κ3) is 10.1. The molecule has 1 aliphatic carbocycles. The number of ketones is 2. The monoisotopic (exact) mass is 639 g/mol. The number of aryl methyl sites for hydroxylation is 1. The molecule has 4 rings (SSSR count). The minimum absolute atomic E-state index is 0.0123. The van der Waals surface area contributed by atoms with E-state index in [1.165, 1.54) is 5.56 Å². The van der Waals surface area contributed by atoms with Gasteiger partial charge in [-0.1, -0.05) is 100 Å². The average Bonchev–Trinajstić information content (AvgIpc) is 3.09. The summed E-state index contributed by atoms with van der Waals surface area (Å²) in [5.74, 6) is -1.78. The Labute approximate surface area is 280 Å². The number of hydrogen-bond donors (Lipinski definition) is 3. The van der Waals surface area contributed by atoms with Crippen molar-refractivity contribution in [3.05, 3.63) is 83.4 Å². The summed E-state index contributed by atoms with van der Waals surface area (Å²) in [5, 5.41) is 8.53. The Balaban J connectivity index is 1.50. The van der Waals surface area contributed by atoms with Crippen molar-refractivity contribution in [2.24, 2.45) is 23.5 Å². The zero-order chi connectivity index (χ0) is 33.8. The van der Waals surface area contributed by atoms with E-state index in [0.29, 0.717) is 32.2 Å². The van der Waals surface area contributed by atoms with Gasteiger partial charge in [0.15, 0.2) is 5.78 Å². The van der Waals surface area contributed by atoms with Gasteiger partial charge in [-0.15, -0.1) is 0 Å². The second-order valence-electron chi connectivity index (χ2n) is 13.4. The third-order valence-corrected chi connectivity index (χ3v) is 9.90. The fourth-order valence-electron chi connectivity index (χ4n) is 6.80. The molecule has 0 aliphatic heterocycles. The summed E-state index contributed by atoms with van der Waals surface area (Å²) in [6.07, 6.45) is 6.54. The van der Waals surface area contributed by atoms with E-state index in [9.17, 15) is 19.2 Å². The average molecular weight is 640 g/mol. The highest BCUT2D eigenvalue weighted by Crippen LogP contribution is 2.30. The maximum Gasteiger partial charge on any atom is 0.224 e. The first kappa shape index (κ1) is 36.0. The summed E-state index contributed by atoms with van der Waals surface area (Å²) in [4.78, 5) is 54.3. The van der Waals surface area contributed by atoms with Crippen LogP contribution in [0.3, 0.4) is 0 Å². The maximum atomic E-state index is 14.0. The molecule has 0 radical (unpaired) electrons. The highest BCUT2D eigenvalue weighted by Gasteiger charge is 2.33. The van der Waals surface area contributed by atoms with Crippen LogP contribution in [0.25, 0.3) is 10.8 Å². The molecule has 3 aromatic rings. The molecule has 0 aromatic heterocycles. The minimum atomic E-state index is -0.747. The first-order valence-corrected chi connectivity index (χ1v) is 17.6. The standard InChI is InChI=1S/C40H53N3O4/c1-4-27(3)38(43-40(47)33(25-34(44)5-2)24-28-20-21-29-13-6-7-15-31(29)23-28)37(45)26-32(16-10-11-22-41)39(46)42-36-19-12-17-30-14-8-9-18-35(30)36/h6-9,13-15,18,20-21,23,27,32-33,36,38H,4-5,10-12,16-17,19,22,24-26,41H2,1-3H3,(H,42,46)(H,43,47)/t27-,32+,33+,36+,38-/m0/s1. The maximum absolute atomic E-state index is 14.0. The molecule has 0 heterocycles. The van der Waals surface area contributed by atoms with Crippen molar-refractivity contribution < 1.29 is 19.2 Å². The quantitative estimate of drug-likeness (QED) is 0.132. The van der Waals surface area contributed by atoms with Gasteiger partial charge in [0, 0.05) is 31.1 Å². The number of amides is 2. The SMILES string of the molecule is CCC(=O)C[C@@H](Cc1ccc2ccccc2c1)C(=O)N[C@H](C(=O)C[C@@H](CCCCN)C(=O)N[C@@H]1CCCc2ccccc21)[C@@H](C)CC. The summed E-state index contributed by atoms with van der Waals surface area (Å²) in [5.41, 5.74) is 9.16. The minimum Gasteiger partial charge on any atom is -0.349 e. The molecule has 0 fully saturated rings. The van der Waals surface area contributed by atoms with Crippen molar-refractivity contribution in [1.82, 2.24) is 10.6 Å². The Bertz CT molecular complexity index is 1520. The molecular weight excluding hydrogens is 586 g/mol. The predicted molar refractivity (Wildman–Crippen MR) is 189 cm³/mol. The third-order valence-electron chi connectivity index (χ3n) is 9.90. The fraction of sp³-hybridized carbons (Fsp3) is 0.500. The highest BCUT2D eigenvalue weighted by atomic mass is 16.2. The molecule has 0 saturated carbocycles. The fourth-order valence-corrected chi connectivity index (χ4v) is 6.80. The molecule has 47 heavy (non-hydrogen) atoms. The van der Waals surface area contributed by atoms with Crippen molar-refractivity contribution in [2.45, 2.75) is 103 Å². The van der Waals surface area contributed by atoms with Gasteiger partial charge in [0.25, 0.3) is 0 Å². The van der Waals surface area contributed by atoms with Crippen molar-refractivity contribution >= 4 is 34.2 Å². The van der Waals surface area contributed by atoms with E-state index in [-0.39, 0.29) is 48.2 Å². The van der Waals surface area contributed by atoms with E-state index in [1.807, 2.05) is 62.4 Å². The number of hydrogen-bond acceptors (Lipinski definition) is 5. The van der Waals surface area contributed by atoms with E-state index in [2.05, 4.69) is 28.8 Å². The van der Waals surface area contributed by atoms with Crippen LogP contribution in [0.1, 0.15) is 101 Å². The van der Waals surface area contributed by atoms with E-state index < -0.39 is 17.9 Å². The van der Waals surface area contributed by atoms with Crippen LogP contribution in [0.4, 0.5) is 0 Å². The normalized spacial score (nSPS) is 16.8. The van der Waals surface area contributed by atoms with Gasteiger partial charge in [-0.25, -0.2) is 0 Å². The van der Waals surface area contributed by atoms with Crippen molar-refractivity contribution in [1.29, 1.82) is 0 Å². The van der Waals surface area contributed by atoms with Crippen LogP contribution < -0.4 is 16.4 Å². The number of rotatable bonds is 18. The Morgan fingerprint density at radius 3 is 2.36 bits per heavy atom. The lowest BCUT2D eigenvalue weighted by Crippen LogP contribution is -2.49. The molecule has 4 N–H and O–H groups in total. The summed E-state index contributed by atoms with van der Waals surface area (Å²) >= 11 is 0. The zero-order valence-corrected chi connectivity index (χ0v) is 28.4. The summed E-state index contributed by atoms with van der Waals surface area (Å²) < 4.78 is 0. The van der Waals surface area contributed by atoms with Crippen LogP contribution in [0, 0.1) is 17.8 Å². The second-order valence-corrected chi connectivity index (χ2v) is 13.4. The van der Waals surface area contributed by atoms with E-state index in [0.717, 1.165) is 54.0 Å². The van der Waals surface area contributed by atoms with Gasteiger partial charge in [0.2, 0.25) is 11.8 Å². The lowest BCUT2D eigenvalue weighted by Gasteiger charge is -2.30. The number of nitrogens with one attached hydrogen (secondary N) is 2. The van der Waals surface area contributed by atoms with Crippen LogP contribution in [0.5, 0.6) is 0 Å². The Kier molecular flexibility index (Phi) is 13.7. The number of Topliss-reactive ketones (excluding diaryl/α,β-unsaturated/α-hetero) is 2. The van der Waals surface area contributed by atoms with Gasteiger partial charge in [-0.05, 0) is 78.5 Å². The van der Waals surface area contributed by atoms with Gasteiger partial charge in [0.05, 0.1) is 12.1 Å². The Morgan fingerprint density at radius 1 is 0.872 bits per heavy atom. The lowest BCUT2D eigenvalue weighted by atomic mass is 9.85. The number of benzene rings is 3. The smallest absolute Gasteiger partial charge is 0.224 e. The molecule has 7 heteroatoms. The van der Waals surface area contributed by atoms with E-state index >= 15 is 0 Å². The van der Waals surface area contributed by atoms with Gasteiger partial charge in [-0.3, -0.25) is 19.2 Å². The number of unbranched alkanes of at least 4 members (excludes halogenated alkanes) is 1. The molecule has 2 amide bonds. The molecule has 1 aliphatic rings. The van der Waals surface area contributed by atoms with Crippen molar-refractivity contribution in [3.8, 4) is 0 Å². The molecule has 3 aromatic carbocycles. The Hall–Kier alpha value is -3.84. The first-order valence-electron chi connectivity index (χ1n) is 17.6. The number of carbonyl (C=O) groups excluding carboxylic acids is 4. The molecule has 7 nitrogen and oxygen atoms in total. The number of carbonyl (C=O) groups is 4. The van der Waals surface area contributed by atoms with E-state index in [1.54, 1.807) is 6.92 Å². The lowest BCUT2D eigenvalue weighted by molar-refractivity contribution is -0.135. The van der Waals surface area contributed by atoms with Crippen molar-refractivity contribution in [2.75, 3.05) is 6.54 Å². The molecule has 252 valence electrons. The second kappa shape index (κ2) is 17.9. The summed E-state index contributed by atoms with van der Waals surface area (Å²) in [6, 6.07) is 21.6. The summed E-state index contributed by atoms with van der Waals surface area (Å²) in [6.45, 7) is 6.29. The zero-order valence-electron chi connectivity index (χ0n) is 28.4. The molecular formula is C40H53N3O4. The van der Waals surface area contributed by atoms with Crippen LogP contribution >= 0.6 is 0 Å². The van der Waals surface area contributed by atoms with E-state index in [4.69, 9.17) is 5.73 Å². The van der Waals surface area contributed by atoms with Crippen molar-refractivity contribution in [3.63, 3.8) is 0 Å². The number of nitrogens with two attached hydrogens (primary N) is 1. The largest absolute Gasteiger partial charge is 0.349 e. The Morgan fingerprint density at radius 2 is 1.62 bits per heavy atom. The molecule has 0 unspecified atom stereocenters. The first-order chi connectivity index (χ1) is 22.7. The molecule has 0 saturated heterocycles.